The highest BCUT2D eigenvalue weighted by Gasteiger charge is 2.52. The summed E-state index contributed by atoms with van der Waals surface area (Å²) in [4.78, 5) is 13.3. The van der Waals surface area contributed by atoms with E-state index in [1.54, 1.807) is 30.3 Å². The first-order valence-electron chi connectivity index (χ1n) is 12.7. The molecule has 10 heteroatoms. The Kier molecular flexibility index (Phi) is 9.08. The van der Waals surface area contributed by atoms with Crippen LogP contribution in [0.3, 0.4) is 0 Å². The number of ether oxygens (including phenoxy) is 1. The predicted octanol–water partition coefficient (Wildman–Crippen LogP) is 8.60. The molecule has 1 saturated carbocycles. The number of halogens is 6. The van der Waals surface area contributed by atoms with E-state index in [0.717, 1.165) is 32.1 Å². The van der Waals surface area contributed by atoms with Crippen molar-refractivity contribution in [3.8, 4) is 0 Å². The minimum Gasteiger partial charge on any atom is -0.453 e. The van der Waals surface area contributed by atoms with Crippen LogP contribution in [0.1, 0.15) is 79.1 Å². The number of carbonyl (C=O) groups excluding carboxylic acids is 1. The molecule has 0 saturated heterocycles. The molecule has 0 heterocycles. The third kappa shape index (κ3) is 6.80. The van der Waals surface area contributed by atoms with E-state index in [1.165, 1.54) is 0 Å². The van der Waals surface area contributed by atoms with Gasteiger partial charge in [-0.25, -0.2) is 4.79 Å². The van der Waals surface area contributed by atoms with Gasteiger partial charge in [-0.2, -0.15) is 26.3 Å². The van der Waals surface area contributed by atoms with Gasteiger partial charge in [0, 0.05) is 17.4 Å². The maximum Gasteiger partial charge on any atom is 0.416 e. The number of alkyl halides is 6. The normalized spacial score (nSPS) is 17.3. The maximum absolute atomic E-state index is 13.4. The predicted molar refractivity (Wildman–Crippen MR) is 135 cm³/mol. The lowest BCUT2D eigenvalue weighted by atomic mass is 9.56. The van der Waals surface area contributed by atoms with Gasteiger partial charge in [0.2, 0.25) is 0 Å². The summed E-state index contributed by atoms with van der Waals surface area (Å²) in [6.45, 7) is 8.46. The third-order valence-electron chi connectivity index (χ3n) is 7.68. The SMILES string of the molecule is C[SiH](C)OCC1(C(C)(C)C(OC(=O)c2cc(C(F)(F)F)cc(C(F)(F)F)c2)c2ccccc2)CCCCC1. The van der Waals surface area contributed by atoms with Gasteiger partial charge < -0.3 is 9.16 Å². The second-order valence-electron chi connectivity index (χ2n) is 10.9. The summed E-state index contributed by atoms with van der Waals surface area (Å²) in [6, 6.07) is 9.62. The molecule has 1 fully saturated rings. The van der Waals surface area contributed by atoms with Gasteiger partial charge in [0.25, 0.3) is 0 Å². The molecule has 38 heavy (non-hydrogen) atoms. The van der Waals surface area contributed by atoms with Gasteiger partial charge in [-0.05, 0) is 49.7 Å². The van der Waals surface area contributed by atoms with Crippen LogP contribution in [0.5, 0.6) is 0 Å². The topological polar surface area (TPSA) is 35.5 Å². The minimum atomic E-state index is -5.07. The van der Waals surface area contributed by atoms with E-state index in [1.807, 2.05) is 13.8 Å². The molecule has 0 aromatic heterocycles. The largest absolute Gasteiger partial charge is 0.453 e. The second-order valence-corrected chi connectivity index (χ2v) is 13.3. The van der Waals surface area contributed by atoms with Gasteiger partial charge in [-0.15, -0.1) is 0 Å². The van der Waals surface area contributed by atoms with Crippen LogP contribution in [-0.4, -0.2) is 21.6 Å². The number of carbonyl (C=O) groups is 1. The van der Waals surface area contributed by atoms with E-state index >= 15 is 0 Å². The van der Waals surface area contributed by atoms with Gasteiger partial charge >= 0.3 is 18.3 Å². The van der Waals surface area contributed by atoms with Crippen LogP contribution in [-0.2, 0) is 21.5 Å². The van der Waals surface area contributed by atoms with Gasteiger partial charge in [0.05, 0.1) is 16.7 Å². The average molecular weight is 561 g/mol. The molecule has 1 unspecified atom stereocenters. The Hall–Kier alpha value is -2.33. The molecule has 3 rings (SSSR count). The lowest BCUT2D eigenvalue weighted by Crippen LogP contribution is -2.48. The van der Waals surface area contributed by atoms with Crippen LogP contribution in [0.25, 0.3) is 0 Å². The molecule has 0 amide bonds. The lowest BCUT2D eigenvalue weighted by molar-refractivity contribution is -0.143. The van der Waals surface area contributed by atoms with E-state index in [9.17, 15) is 31.1 Å². The zero-order chi connectivity index (χ0) is 28.4. The zero-order valence-electron chi connectivity index (χ0n) is 22.0. The molecule has 1 aliphatic carbocycles. The van der Waals surface area contributed by atoms with E-state index in [2.05, 4.69) is 13.1 Å². The fourth-order valence-electron chi connectivity index (χ4n) is 5.32. The fourth-order valence-corrected chi connectivity index (χ4v) is 5.97. The Morgan fingerprint density at radius 2 is 1.42 bits per heavy atom. The third-order valence-corrected chi connectivity index (χ3v) is 8.51. The molecule has 0 N–H and O–H groups in total. The smallest absolute Gasteiger partial charge is 0.416 e. The summed E-state index contributed by atoms with van der Waals surface area (Å²) in [5.41, 5.74) is -4.45. The Bertz CT molecular complexity index is 1060. The quantitative estimate of drug-likeness (QED) is 0.184. The Labute approximate surface area is 221 Å². The molecular formula is C28H34F6O3Si. The Balaban J connectivity index is 2.08. The van der Waals surface area contributed by atoms with Gasteiger partial charge in [-0.1, -0.05) is 63.4 Å². The second kappa shape index (κ2) is 11.4. The number of benzene rings is 2. The standard InChI is InChI=1S/C28H34F6O3Si/c1-25(2,26(18-36-38(3)4)13-9-6-10-14-26)23(19-11-7-5-8-12-19)37-24(35)20-15-21(27(29,30)31)17-22(16-20)28(32,33)34/h5,7-8,11-12,15-17,23,38H,6,9-10,13-14,18H2,1-4H3. The molecule has 0 bridgehead atoms. The molecule has 0 radical (unpaired) electrons. The molecular weight excluding hydrogens is 526 g/mol. The molecule has 2 aromatic rings. The van der Waals surface area contributed by atoms with Crippen LogP contribution < -0.4 is 0 Å². The highest BCUT2D eigenvalue weighted by molar-refractivity contribution is 6.48. The van der Waals surface area contributed by atoms with E-state index in [-0.39, 0.29) is 6.07 Å². The van der Waals surface area contributed by atoms with Crippen molar-refractivity contribution in [3.63, 3.8) is 0 Å². The number of hydrogen-bond acceptors (Lipinski definition) is 3. The number of rotatable bonds is 8. The van der Waals surface area contributed by atoms with Gasteiger partial charge in [0.1, 0.15) is 6.10 Å². The molecule has 0 spiro atoms. The first-order valence-corrected chi connectivity index (χ1v) is 15.5. The van der Waals surface area contributed by atoms with Crippen LogP contribution in [0, 0.1) is 10.8 Å². The number of hydrogen-bond donors (Lipinski definition) is 0. The summed E-state index contributed by atoms with van der Waals surface area (Å²) in [5, 5.41) is 0. The summed E-state index contributed by atoms with van der Waals surface area (Å²) < 4.78 is 92.7. The van der Waals surface area contributed by atoms with Crippen LogP contribution >= 0.6 is 0 Å². The van der Waals surface area contributed by atoms with Crippen molar-refractivity contribution in [2.24, 2.45) is 10.8 Å². The Morgan fingerprint density at radius 1 is 0.895 bits per heavy atom. The van der Waals surface area contributed by atoms with Crippen LogP contribution in [0.15, 0.2) is 48.5 Å². The summed E-state index contributed by atoms with van der Waals surface area (Å²) in [7, 11) is -1.41. The highest BCUT2D eigenvalue weighted by Crippen LogP contribution is 2.57. The molecule has 3 nitrogen and oxygen atoms in total. The van der Waals surface area contributed by atoms with Gasteiger partial charge in [-0.3, -0.25) is 0 Å². The first-order chi connectivity index (χ1) is 17.6. The summed E-state index contributed by atoms with van der Waals surface area (Å²) >= 11 is 0. The molecule has 1 aliphatic rings. The fraction of sp³-hybridized carbons (Fsp3) is 0.536. The minimum absolute atomic E-state index is 0.000436. The van der Waals surface area contributed by atoms with Crippen molar-refractivity contribution < 1.29 is 40.3 Å². The van der Waals surface area contributed by atoms with Crippen molar-refractivity contribution >= 4 is 15.0 Å². The molecule has 1 atom stereocenters. The van der Waals surface area contributed by atoms with E-state index < -0.39 is 61.0 Å². The number of esters is 1. The van der Waals surface area contributed by atoms with Crippen molar-refractivity contribution in [1.82, 2.24) is 0 Å². The van der Waals surface area contributed by atoms with Crippen LogP contribution in [0.4, 0.5) is 26.3 Å². The summed E-state index contributed by atoms with van der Waals surface area (Å²) in [5.74, 6) is -1.24. The maximum atomic E-state index is 13.4. The first kappa shape index (κ1) is 30.2. The monoisotopic (exact) mass is 560 g/mol. The van der Waals surface area contributed by atoms with Crippen molar-refractivity contribution in [2.75, 3.05) is 6.61 Å². The van der Waals surface area contributed by atoms with E-state index in [0.29, 0.717) is 24.3 Å². The highest BCUT2D eigenvalue weighted by atomic mass is 28.3. The van der Waals surface area contributed by atoms with Crippen molar-refractivity contribution in [3.05, 3.63) is 70.8 Å². The van der Waals surface area contributed by atoms with E-state index in [4.69, 9.17) is 9.16 Å². The van der Waals surface area contributed by atoms with Gasteiger partial charge in [0.15, 0.2) is 9.04 Å². The van der Waals surface area contributed by atoms with Crippen LogP contribution in [0.2, 0.25) is 13.1 Å². The average Bonchev–Trinajstić information content (AvgIpc) is 2.85. The van der Waals surface area contributed by atoms with Crippen molar-refractivity contribution in [2.45, 2.75) is 77.5 Å². The zero-order valence-corrected chi connectivity index (χ0v) is 23.2. The molecule has 210 valence electrons. The molecule has 0 aliphatic heterocycles. The summed E-state index contributed by atoms with van der Waals surface area (Å²) in [6.07, 6.45) is -6.51. The molecule has 2 aromatic carbocycles. The Morgan fingerprint density at radius 3 is 1.89 bits per heavy atom. The van der Waals surface area contributed by atoms with Crippen molar-refractivity contribution in [1.29, 1.82) is 0 Å². The lowest BCUT2D eigenvalue weighted by Gasteiger charge is -2.52.